The van der Waals surface area contributed by atoms with Gasteiger partial charge in [-0.05, 0) is 12.1 Å². The van der Waals surface area contributed by atoms with E-state index in [9.17, 15) is 20.2 Å². The number of aliphatic imine (C=N–C) groups is 1. The molecule has 2 aromatic carbocycles. The van der Waals surface area contributed by atoms with Gasteiger partial charge in [0.2, 0.25) is 0 Å². The summed E-state index contributed by atoms with van der Waals surface area (Å²) in [6, 6.07) is 12.0. The van der Waals surface area contributed by atoms with E-state index in [1.807, 2.05) is 0 Å². The average Bonchev–Trinajstić information content (AvgIpc) is 2.48. The molecule has 0 bridgehead atoms. The Bertz CT molecular complexity index is 715. The molecule has 0 saturated carbocycles. The zero-order valence-electron chi connectivity index (χ0n) is 10.7. The van der Waals surface area contributed by atoms with Gasteiger partial charge < -0.3 is 5.32 Å². The summed E-state index contributed by atoms with van der Waals surface area (Å²) in [5, 5.41) is 24.3. The Labute approximate surface area is 119 Å². The van der Waals surface area contributed by atoms with Gasteiger partial charge in [0.15, 0.2) is 0 Å². The molecule has 0 spiro atoms. The largest absolute Gasteiger partial charge is 0.341 e. The molecule has 1 N–H and O–H groups in total. The Kier molecular flexibility index (Phi) is 4.20. The van der Waals surface area contributed by atoms with Crippen molar-refractivity contribution in [2.75, 3.05) is 5.32 Å². The van der Waals surface area contributed by atoms with Crippen molar-refractivity contribution < 1.29 is 9.85 Å². The van der Waals surface area contributed by atoms with Crippen LogP contribution in [-0.4, -0.2) is 16.2 Å². The highest BCUT2D eigenvalue weighted by Gasteiger charge is 2.12. The lowest BCUT2D eigenvalue weighted by Gasteiger charge is -2.01. The summed E-state index contributed by atoms with van der Waals surface area (Å²) in [5.74, 6) is 0. The second kappa shape index (κ2) is 6.24. The molecule has 0 aliphatic heterocycles. The first-order valence-corrected chi connectivity index (χ1v) is 5.85. The maximum atomic E-state index is 10.8. The third-order valence-electron chi connectivity index (χ3n) is 2.60. The zero-order chi connectivity index (χ0) is 15.2. The second-order valence-corrected chi connectivity index (χ2v) is 3.92. The van der Waals surface area contributed by atoms with E-state index in [0.29, 0.717) is 0 Å². The predicted octanol–water partition coefficient (Wildman–Crippen LogP) is 3.27. The van der Waals surface area contributed by atoms with Crippen molar-refractivity contribution in [2.45, 2.75) is 0 Å². The standard InChI is InChI=1S/C13H10N4O4/c18-16(19)12-7-3-1-5-10(12)14-9-15-11-6-2-4-8-13(11)17(20)21/h1-9H,(H,14,15). The fourth-order valence-corrected chi connectivity index (χ4v) is 1.65. The van der Waals surface area contributed by atoms with Crippen LogP contribution in [0, 0.1) is 20.2 Å². The highest BCUT2D eigenvalue weighted by molar-refractivity contribution is 5.83. The molecule has 0 radical (unpaired) electrons. The van der Waals surface area contributed by atoms with Crippen LogP contribution in [0.1, 0.15) is 0 Å². The molecule has 8 heteroatoms. The summed E-state index contributed by atoms with van der Waals surface area (Å²) in [6.07, 6.45) is 1.19. The molecule has 2 aromatic rings. The zero-order valence-corrected chi connectivity index (χ0v) is 10.7. The average molecular weight is 286 g/mol. The molecule has 21 heavy (non-hydrogen) atoms. The molecular formula is C13H10N4O4. The van der Waals surface area contributed by atoms with Crippen molar-refractivity contribution in [3.8, 4) is 0 Å². The van der Waals surface area contributed by atoms with Gasteiger partial charge in [-0.3, -0.25) is 20.2 Å². The first kappa shape index (κ1) is 14.1. The predicted molar refractivity (Wildman–Crippen MR) is 78.0 cm³/mol. The number of benzene rings is 2. The van der Waals surface area contributed by atoms with E-state index in [1.54, 1.807) is 18.2 Å². The van der Waals surface area contributed by atoms with Crippen molar-refractivity contribution in [3.63, 3.8) is 0 Å². The van der Waals surface area contributed by atoms with Crippen LogP contribution in [0.15, 0.2) is 53.5 Å². The first-order valence-electron chi connectivity index (χ1n) is 5.85. The van der Waals surface area contributed by atoms with E-state index in [4.69, 9.17) is 0 Å². The lowest BCUT2D eigenvalue weighted by molar-refractivity contribution is -0.384. The number of anilines is 1. The number of rotatable bonds is 5. The van der Waals surface area contributed by atoms with Gasteiger partial charge in [-0.2, -0.15) is 0 Å². The number of nitro benzene ring substituents is 2. The summed E-state index contributed by atoms with van der Waals surface area (Å²) >= 11 is 0. The van der Waals surface area contributed by atoms with Crippen LogP contribution in [0.5, 0.6) is 0 Å². The molecule has 0 heterocycles. The topological polar surface area (TPSA) is 111 Å². The van der Waals surface area contributed by atoms with Gasteiger partial charge in [0.25, 0.3) is 11.4 Å². The van der Waals surface area contributed by atoms with Crippen molar-refractivity contribution in [1.82, 2.24) is 0 Å². The molecule has 106 valence electrons. The van der Waals surface area contributed by atoms with E-state index in [-0.39, 0.29) is 22.7 Å². The molecule has 0 saturated heterocycles. The summed E-state index contributed by atoms with van der Waals surface area (Å²) in [7, 11) is 0. The fraction of sp³-hybridized carbons (Fsp3) is 0. The van der Waals surface area contributed by atoms with Gasteiger partial charge in [0, 0.05) is 12.1 Å². The molecule has 0 amide bonds. The third-order valence-corrected chi connectivity index (χ3v) is 2.60. The SMILES string of the molecule is O=[N+]([O-])c1ccccc1N=CNc1ccccc1[N+](=O)[O-]. The smallest absolute Gasteiger partial charge is 0.294 e. The van der Waals surface area contributed by atoms with E-state index >= 15 is 0 Å². The van der Waals surface area contributed by atoms with E-state index in [2.05, 4.69) is 10.3 Å². The Balaban J connectivity index is 2.21. The lowest BCUT2D eigenvalue weighted by Crippen LogP contribution is -1.99. The Hall–Kier alpha value is -3.29. The molecule has 0 unspecified atom stereocenters. The van der Waals surface area contributed by atoms with Crippen molar-refractivity contribution in [2.24, 2.45) is 4.99 Å². The maximum Gasteiger partial charge on any atom is 0.294 e. The van der Waals surface area contributed by atoms with Gasteiger partial charge in [-0.25, -0.2) is 4.99 Å². The van der Waals surface area contributed by atoms with Crippen LogP contribution >= 0.6 is 0 Å². The molecule has 0 fully saturated rings. The van der Waals surface area contributed by atoms with Crippen LogP contribution in [0.3, 0.4) is 0 Å². The Morgan fingerprint density at radius 3 is 2.14 bits per heavy atom. The molecule has 0 aliphatic rings. The van der Waals surface area contributed by atoms with Crippen molar-refractivity contribution in [1.29, 1.82) is 0 Å². The number of hydrogen-bond acceptors (Lipinski definition) is 5. The van der Waals surface area contributed by atoms with Gasteiger partial charge in [-0.1, -0.05) is 24.3 Å². The van der Waals surface area contributed by atoms with Crippen molar-refractivity contribution >= 4 is 29.1 Å². The lowest BCUT2D eigenvalue weighted by atomic mass is 10.2. The Morgan fingerprint density at radius 1 is 0.905 bits per heavy atom. The second-order valence-electron chi connectivity index (χ2n) is 3.92. The number of nitrogens with zero attached hydrogens (tertiary/aromatic N) is 3. The number of nitrogens with one attached hydrogen (secondary N) is 1. The van der Waals surface area contributed by atoms with Gasteiger partial charge in [-0.15, -0.1) is 0 Å². The van der Waals surface area contributed by atoms with Crippen LogP contribution in [0.2, 0.25) is 0 Å². The minimum Gasteiger partial charge on any atom is -0.341 e. The summed E-state index contributed by atoms with van der Waals surface area (Å²) < 4.78 is 0. The van der Waals surface area contributed by atoms with E-state index in [1.165, 1.54) is 36.7 Å². The van der Waals surface area contributed by atoms with Gasteiger partial charge in [0.05, 0.1) is 16.2 Å². The minimum absolute atomic E-state index is 0.105. The monoisotopic (exact) mass is 286 g/mol. The molecule has 0 aromatic heterocycles. The number of nitro groups is 2. The van der Waals surface area contributed by atoms with Crippen LogP contribution < -0.4 is 5.32 Å². The molecule has 0 atom stereocenters. The molecular weight excluding hydrogens is 276 g/mol. The summed E-state index contributed by atoms with van der Waals surface area (Å²) in [4.78, 5) is 24.5. The van der Waals surface area contributed by atoms with E-state index in [0.717, 1.165) is 0 Å². The normalized spacial score (nSPS) is 10.5. The molecule has 8 nitrogen and oxygen atoms in total. The minimum atomic E-state index is -0.544. The van der Waals surface area contributed by atoms with Crippen LogP contribution in [0.25, 0.3) is 0 Å². The molecule has 0 aliphatic carbocycles. The summed E-state index contributed by atoms with van der Waals surface area (Å²) in [6.45, 7) is 0. The first-order chi connectivity index (χ1) is 10.1. The van der Waals surface area contributed by atoms with Crippen molar-refractivity contribution in [3.05, 3.63) is 68.8 Å². The van der Waals surface area contributed by atoms with Crippen LogP contribution in [-0.2, 0) is 0 Å². The van der Waals surface area contributed by atoms with Gasteiger partial charge in [0.1, 0.15) is 11.4 Å². The number of para-hydroxylation sites is 4. The quantitative estimate of drug-likeness (QED) is 0.392. The Morgan fingerprint density at radius 2 is 1.48 bits per heavy atom. The highest BCUT2D eigenvalue weighted by Crippen LogP contribution is 2.26. The molecule has 2 rings (SSSR count). The van der Waals surface area contributed by atoms with E-state index < -0.39 is 9.85 Å². The van der Waals surface area contributed by atoms with Gasteiger partial charge >= 0.3 is 0 Å². The number of hydrogen-bond donors (Lipinski definition) is 1. The highest BCUT2D eigenvalue weighted by atomic mass is 16.6. The summed E-state index contributed by atoms with van der Waals surface area (Å²) in [5.41, 5.74) is 0.169. The van der Waals surface area contributed by atoms with Crippen LogP contribution in [0.4, 0.5) is 22.7 Å². The third kappa shape index (κ3) is 3.38. The fourth-order valence-electron chi connectivity index (χ4n) is 1.65. The maximum absolute atomic E-state index is 10.8.